The van der Waals surface area contributed by atoms with Crippen LogP contribution in [-0.2, 0) is 13.6 Å². The van der Waals surface area contributed by atoms with Crippen LogP contribution in [-0.4, -0.2) is 10.1 Å². The summed E-state index contributed by atoms with van der Waals surface area (Å²) in [5, 5.41) is 3.70. The smallest absolute Gasteiger partial charge is 0.0364 e. The molecule has 0 radical (unpaired) electrons. The molecule has 0 amide bonds. The molecule has 0 aromatic carbocycles. The molecular weight excluding hydrogens is 184 g/mol. The van der Waals surface area contributed by atoms with E-state index in [9.17, 15) is 0 Å². The van der Waals surface area contributed by atoms with Crippen molar-refractivity contribution in [2.24, 2.45) is 7.05 Å². The van der Waals surface area contributed by atoms with Crippen LogP contribution in [0, 0.1) is 0 Å². The van der Waals surface area contributed by atoms with Crippen molar-refractivity contribution < 1.29 is 0 Å². The number of aryl methyl sites for hydroxylation is 1. The summed E-state index contributed by atoms with van der Waals surface area (Å²) in [6.45, 7) is 7.78. The van der Waals surface area contributed by atoms with Crippen molar-refractivity contribution in [2.75, 3.05) is 0 Å². The Morgan fingerprint density at radius 1 is 1.20 bits per heavy atom. The van der Waals surface area contributed by atoms with Gasteiger partial charge in [-0.05, 0) is 31.4 Å². The van der Waals surface area contributed by atoms with Gasteiger partial charge in [-0.15, -0.1) is 0 Å². The summed E-state index contributed by atoms with van der Waals surface area (Å²) in [5.74, 6) is 0. The van der Waals surface area contributed by atoms with Gasteiger partial charge in [-0.3, -0.25) is 0 Å². The molecule has 0 unspecified atom stereocenters. The van der Waals surface area contributed by atoms with Crippen LogP contribution in [0.3, 0.4) is 0 Å². The standard InChI is InChI=1S/C13H24N2/c1-5-13(6-2,7-3)14-11-12-9-8-10-15(12)4/h8-10,14H,5-7,11H2,1-4H3. The molecule has 0 saturated carbocycles. The summed E-state index contributed by atoms with van der Waals surface area (Å²) in [7, 11) is 2.10. The van der Waals surface area contributed by atoms with E-state index in [1.165, 1.54) is 25.0 Å². The molecule has 1 rings (SSSR count). The van der Waals surface area contributed by atoms with Crippen LogP contribution in [0.4, 0.5) is 0 Å². The van der Waals surface area contributed by atoms with Crippen molar-refractivity contribution in [1.82, 2.24) is 9.88 Å². The first kappa shape index (κ1) is 12.3. The van der Waals surface area contributed by atoms with Crippen LogP contribution in [0.5, 0.6) is 0 Å². The van der Waals surface area contributed by atoms with Gasteiger partial charge in [0.1, 0.15) is 0 Å². The van der Waals surface area contributed by atoms with Gasteiger partial charge in [0.2, 0.25) is 0 Å². The van der Waals surface area contributed by atoms with Gasteiger partial charge in [-0.25, -0.2) is 0 Å². The Hall–Kier alpha value is -0.760. The monoisotopic (exact) mass is 208 g/mol. The summed E-state index contributed by atoms with van der Waals surface area (Å²) in [6, 6.07) is 4.28. The third-order valence-electron chi connectivity index (χ3n) is 3.73. The molecule has 0 aliphatic rings. The van der Waals surface area contributed by atoms with E-state index in [-0.39, 0.29) is 0 Å². The molecule has 1 aromatic heterocycles. The van der Waals surface area contributed by atoms with Gasteiger partial charge in [0.15, 0.2) is 0 Å². The van der Waals surface area contributed by atoms with Crippen molar-refractivity contribution in [3.05, 3.63) is 24.0 Å². The second-order valence-corrected chi connectivity index (χ2v) is 4.30. The molecule has 0 bridgehead atoms. The van der Waals surface area contributed by atoms with Crippen molar-refractivity contribution in [1.29, 1.82) is 0 Å². The van der Waals surface area contributed by atoms with Gasteiger partial charge < -0.3 is 9.88 Å². The molecular formula is C13H24N2. The molecule has 0 fully saturated rings. The summed E-state index contributed by atoms with van der Waals surface area (Å²) < 4.78 is 2.18. The van der Waals surface area contributed by atoms with Gasteiger partial charge in [0.25, 0.3) is 0 Å². The average molecular weight is 208 g/mol. The van der Waals surface area contributed by atoms with Crippen LogP contribution in [0.1, 0.15) is 45.7 Å². The SMILES string of the molecule is CCC(CC)(CC)NCc1cccn1C. The Kier molecular flexibility index (Phi) is 4.40. The number of nitrogens with one attached hydrogen (secondary N) is 1. The molecule has 1 heterocycles. The highest BCUT2D eigenvalue weighted by Crippen LogP contribution is 2.19. The topological polar surface area (TPSA) is 17.0 Å². The van der Waals surface area contributed by atoms with Crippen LogP contribution < -0.4 is 5.32 Å². The average Bonchev–Trinajstić information content (AvgIpc) is 2.67. The van der Waals surface area contributed by atoms with E-state index in [0.717, 1.165) is 6.54 Å². The zero-order valence-corrected chi connectivity index (χ0v) is 10.5. The molecule has 0 atom stereocenters. The summed E-state index contributed by atoms with van der Waals surface area (Å²) in [6.07, 6.45) is 5.70. The Morgan fingerprint density at radius 2 is 1.80 bits per heavy atom. The van der Waals surface area contributed by atoms with Crippen molar-refractivity contribution in [2.45, 2.75) is 52.1 Å². The van der Waals surface area contributed by atoms with Gasteiger partial charge in [0, 0.05) is 31.0 Å². The lowest BCUT2D eigenvalue weighted by Gasteiger charge is -2.32. The van der Waals surface area contributed by atoms with E-state index < -0.39 is 0 Å². The van der Waals surface area contributed by atoms with Crippen molar-refractivity contribution in [3.63, 3.8) is 0 Å². The maximum atomic E-state index is 3.70. The molecule has 0 spiro atoms. The lowest BCUT2D eigenvalue weighted by atomic mass is 9.90. The normalized spacial score (nSPS) is 12.0. The molecule has 15 heavy (non-hydrogen) atoms. The Labute approximate surface area is 93.7 Å². The number of rotatable bonds is 6. The highest BCUT2D eigenvalue weighted by molar-refractivity contribution is 5.06. The predicted molar refractivity (Wildman–Crippen MR) is 65.9 cm³/mol. The van der Waals surface area contributed by atoms with E-state index in [1.807, 2.05) is 0 Å². The quantitative estimate of drug-likeness (QED) is 0.760. The molecule has 0 aliphatic heterocycles. The van der Waals surface area contributed by atoms with Gasteiger partial charge in [-0.2, -0.15) is 0 Å². The molecule has 2 nitrogen and oxygen atoms in total. The summed E-state index contributed by atoms with van der Waals surface area (Å²) in [5.41, 5.74) is 1.68. The minimum absolute atomic E-state index is 0.324. The molecule has 0 aliphatic carbocycles. The number of hydrogen-bond acceptors (Lipinski definition) is 1. The first-order valence-corrected chi connectivity index (χ1v) is 6.02. The van der Waals surface area contributed by atoms with E-state index in [1.54, 1.807) is 0 Å². The summed E-state index contributed by atoms with van der Waals surface area (Å²) in [4.78, 5) is 0. The van der Waals surface area contributed by atoms with Crippen LogP contribution in [0.25, 0.3) is 0 Å². The zero-order valence-electron chi connectivity index (χ0n) is 10.5. The second kappa shape index (κ2) is 5.36. The van der Waals surface area contributed by atoms with Gasteiger partial charge >= 0.3 is 0 Å². The Bertz CT molecular complexity index is 276. The molecule has 86 valence electrons. The summed E-state index contributed by atoms with van der Waals surface area (Å²) >= 11 is 0. The maximum Gasteiger partial charge on any atom is 0.0364 e. The molecule has 1 N–H and O–H groups in total. The third kappa shape index (κ3) is 2.85. The first-order chi connectivity index (χ1) is 7.17. The fourth-order valence-corrected chi connectivity index (χ4v) is 2.08. The third-order valence-corrected chi connectivity index (χ3v) is 3.73. The minimum atomic E-state index is 0.324. The largest absolute Gasteiger partial charge is 0.353 e. The van der Waals surface area contributed by atoms with Crippen LogP contribution in [0.15, 0.2) is 18.3 Å². The first-order valence-electron chi connectivity index (χ1n) is 6.02. The number of aromatic nitrogens is 1. The Balaban J connectivity index is 2.58. The van der Waals surface area contributed by atoms with Crippen molar-refractivity contribution in [3.8, 4) is 0 Å². The van der Waals surface area contributed by atoms with E-state index >= 15 is 0 Å². The lowest BCUT2D eigenvalue weighted by Crippen LogP contribution is -2.43. The van der Waals surface area contributed by atoms with Gasteiger partial charge in [-0.1, -0.05) is 20.8 Å². The predicted octanol–water partition coefficient (Wildman–Crippen LogP) is 3.08. The zero-order chi connectivity index (χ0) is 11.3. The van der Waals surface area contributed by atoms with E-state index in [0.29, 0.717) is 5.54 Å². The minimum Gasteiger partial charge on any atom is -0.353 e. The van der Waals surface area contributed by atoms with Crippen molar-refractivity contribution >= 4 is 0 Å². The number of hydrogen-bond donors (Lipinski definition) is 1. The highest BCUT2D eigenvalue weighted by Gasteiger charge is 2.22. The molecule has 2 heteroatoms. The molecule has 1 aromatic rings. The second-order valence-electron chi connectivity index (χ2n) is 4.30. The fourth-order valence-electron chi connectivity index (χ4n) is 2.08. The lowest BCUT2D eigenvalue weighted by molar-refractivity contribution is 0.285. The highest BCUT2D eigenvalue weighted by atomic mass is 15.0. The Morgan fingerprint density at radius 3 is 2.20 bits per heavy atom. The fraction of sp³-hybridized carbons (Fsp3) is 0.692. The molecule has 0 saturated heterocycles. The van der Waals surface area contributed by atoms with Gasteiger partial charge in [0.05, 0.1) is 0 Å². The van der Waals surface area contributed by atoms with E-state index in [4.69, 9.17) is 0 Å². The number of nitrogens with zero attached hydrogens (tertiary/aromatic N) is 1. The van der Waals surface area contributed by atoms with Crippen LogP contribution in [0.2, 0.25) is 0 Å². The maximum absolute atomic E-state index is 3.70. The van der Waals surface area contributed by atoms with Crippen LogP contribution >= 0.6 is 0 Å². The van der Waals surface area contributed by atoms with E-state index in [2.05, 4.69) is 56.0 Å².